The highest BCUT2D eigenvalue weighted by Gasteiger charge is 2.46. The monoisotopic (exact) mass is 256 g/mol. The van der Waals surface area contributed by atoms with Crippen LogP contribution in [0.15, 0.2) is 0 Å². The Kier molecular flexibility index (Phi) is 4.64. The van der Waals surface area contributed by atoms with E-state index >= 15 is 0 Å². The van der Waals surface area contributed by atoms with Gasteiger partial charge in [0.2, 0.25) is 0 Å². The molecule has 0 aromatic rings. The Morgan fingerprint density at radius 2 is 2.17 bits per heavy atom. The molecule has 0 aromatic heterocycles. The first-order chi connectivity index (χ1) is 8.65. The average Bonchev–Trinajstić information content (AvgIpc) is 3.21. The summed E-state index contributed by atoms with van der Waals surface area (Å²) < 4.78 is 5.74. The molecule has 1 aliphatic heterocycles. The summed E-state index contributed by atoms with van der Waals surface area (Å²) in [5.41, 5.74) is -0.107. The Labute approximate surface area is 111 Å². The topological polar surface area (TPSA) is 44.7 Å². The van der Waals surface area contributed by atoms with Crippen LogP contribution in [0.25, 0.3) is 0 Å². The summed E-state index contributed by atoms with van der Waals surface area (Å²) in [6, 6.07) is 0.499. The van der Waals surface area contributed by atoms with Gasteiger partial charge in [-0.05, 0) is 39.2 Å². The average molecular weight is 256 g/mol. The second-order valence-electron chi connectivity index (χ2n) is 5.97. The summed E-state index contributed by atoms with van der Waals surface area (Å²) in [5.74, 6) is 0.642. The molecule has 4 nitrogen and oxygen atoms in total. The molecule has 1 saturated heterocycles. The van der Waals surface area contributed by atoms with E-state index in [0.29, 0.717) is 18.1 Å². The van der Waals surface area contributed by atoms with Crippen molar-refractivity contribution in [2.45, 2.75) is 50.8 Å². The lowest BCUT2D eigenvalue weighted by atomic mass is 9.92. The second-order valence-corrected chi connectivity index (χ2v) is 5.97. The van der Waals surface area contributed by atoms with Gasteiger partial charge >= 0.3 is 0 Å². The number of hydrogen-bond donors (Lipinski definition) is 2. The summed E-state index contributed by atoms with van der Waals surface area (Å²) in [6.45, 7) is 7.33. The van der Waals surface area contributed by atoms with Crippen LogP contribution in [0.4, 0.5) is 0 Å². The molecule has 3 unspecified atom stereocenters. The van der Waals surface area contributed by atoms with Crippen molar-refractivity contribution >= 4 is 0 Å². The molecular formula is C14H28N2O2. The van der Waals surface area contributed by atoms with Gasteiger partial charge in [-0.3, -0.25) is 4.90 Å². The molecule has 1 aliphatic carbocycles. The normalized spacial score (nSPS) is 33.3. The quantitative estimate of drug-likeness (QED) is 0.739. The molecule has 1 heterocycles. The highest BCUT2D eigenvalue weighted by Crippen LogP contribution is 2.40. The summed E-state index contributed by atoms with van der Waals surface area (Å²) in [4.78, 5) is 2.51. The van der Waals surface area contributed by atoms with Crippen LogP contribution in [0.2, 0.25) is 0 Å². The van der Waals surface area contributed by atoms with Gasteiger partial charge < -0.3 is 15.2 Å². The number of likely N-dealkylation sites (N-methyl/N-ethyl adjacent to an activating group) is 1. The van der Waals surface area contributed by atoms with Crippen molar-refractivity contribution in [1.82, 2.24) is 10.2 Å². The van der Waals surface area contributed by atoms with Crippen LogP contribution >= 0.6 is 0 Å². The van der Waals surface area contributed by atoms with Crippen LogP contribution in [0, 0.1) is 5.92 Å². The highest BCUT2D eigenvalue weighted by atomic mass is 16.5. The molecule has 0 amide bonds. The van der Waals surface area contributed by atoms with E-state index in [2.05, 4.69) is 24.1 Å². The van der Waals surface area contributed by atoms with E-state index in [-0.39, 0.29) is 12.1 Å². The van der Waals surface area contributed by atoms with E-state index in [4.69, 9.17) is 4.74 Å². The molecule has 3 atom stereocenters. The zero-order valence-corrected chi connectivity index (χ0v) is 12.0. The number of nitrogens with zero attached hydrogens (tertiary/aromatic N) is 1. The fourth-order valence-electron chi connectivity index (χ4n) is 3.15. The van der Waals surface area contributed by atoms with E-state index in [1.807, 2.05) is 7.05 Å². The van der Waals surface area contributed by atoms with Gasteiger partial charge in [-0.1, -0.05) is 6.92 Å². The largest absolute Gasteiger partial charge is 0.394 e. The Morgan fingerprint density at radius 3 is 2.67 bits per heavy atom. The standard InChI is InChI=1S/C14H28N2O2/c1-4-13-8-18-11(2)7-16(13)9-14(10-17,15-3)12-5-6-12/h11-13,15,17H,4-10H2,1-3H3. The van der Waals surface area contributed by atoms with Crippen molar-refractivity contribution in [3.05, 3.63) is 0 Å². The van der Waals surface area contributed by atoms with E-state index in [0.717, 1.165) is 26.1 Å². The van der Waals surface area contributed by atoms with Crippen LogP contribution in [0.3, 0.4) is 0 Å². The molecule has 0 aromatic carbocycles. The van der Waals surface area contributed by atoms with Crippen molar-refractivity contribution in [3.8, 4) is 0 Å². The fraction of sp³-hybridized carbons (Fsp3) is 1.00. The van der Waals surface area contributed by atoms with Gasteiger partial charge in [-0.25, -0.2) is 0 Å². The maximum atomic E-state index is 9.82. The van der Waals surface area contributed by atoms with Crippen molar-refractivity contribution in [2.24, 2.45) is 5.92 Å². The Balaban J connectivity index is 2.03. The first-order valence-electron chi connectivity index (χ1n) is 7.30. The minimum Gasteiger partial charge on any atom is -0.394 e. The summed E-state index contributed by atoms with van der Waals surface area (Å²) in [5, 5.41) is 13.2. The predicted octanol–water partition coefficient (Wildman–Crippen LogP) is 0.846. The van der Waals surface area contributed by atoms with Crippen molar-refractivity contribution < 1.29 is 9.84 Å². The molecule has 106 valence electrons. The minimum atomic E-state index is -0.107. The molecule has 2 rings (SSSR count). The van der Waals surface area contributed by atoms with Crippen molar-refractivity contribution in [3.63, 3.8) is 0 Å². The van der Waals surface area contributed by atoms with E-state index in [1.165, 1.54) is 12.8 Å². The third-order valence-electron chi connectivity index (χ3n) is 4.68. The Bertz CT molecular complexity index is 265. The number of morpholine rings is 1. The third kappa shape index (κ3) is 2.87. The van der Waals surface area contributed by atoms with Gasteiger partial charge in [0.1, 0.15) is 0 Å². The van der Waals surface area contributed by atoms with Gasteiger partial charge in [0.25, 0.3) is 0 Å². The van der Waals surface area contributed by atoms with E-state index < -0.39 is 0 Å². The molecule has 2 fully saturated rings. The van der Waals surface area contributed by atoms with Crippen molar-refractivity contribution in [1.29, 1.82) is 0 Å². The van der Waals surface area contributed by atoms with Crippen LogP contribution in [0.1, 0.15) is 33.1 Å². The van der Waals surface area contributed by atoms with Crippen LogP contribution < -0.4 is 5.32 Å². The lowest BCUT2D eigenvalue weighted by Gasteiger charge is -2.44. The number of aliphatic hydroxyl groups is 1. The zero-order chi connectivity index (χ0) is 13.2. The number of nitrogens with one attached hydrogen (secondary N) is 1. The third-order valence-corrected chi connectivity index (χ3v) is 4.68. The molecule has 0 bridgehead atoms. The minimum absolute atomic E-state index is 0.107. The van der Waals surface area contributed by atoms with Crippen molar-refractivity contribution in [2.75, 3.05) is 33.4 Å². The summed E-state index contributed by atoms with van der Waals surface area (Å²) >= 11 is 0. The van der Waals surface area contributed by atoms with Gasteiger partial charge in [-0.2, -0.15) is 0 Å². The number of rotatable bonds is 6. The highest BCUT2D eigenvalue weighted by molar-refractivity contribution is 5.03. The lowest BCUT2D eigenvalue weighted by molar-refractivity contribution is -0.0695. The Hall–Kier alpha value is -0.160. The summed E-state index contributed by atoms with van der Waals surface area (Å²) in [7, 11) is 1.99. The smallest absolute Gasteiger partial charge is 0.0674 e. The molecule has 0 spiro atoms. The molecule has 2 N–H and O–H groups in total. The molecule has 4 heteroatoms. The first kappa shape index (κ1) is 14.3. The maximum absolute atomic E-state index is 9.82. The van der Waals surface area contributed by atoms with Crippen LogP contribution in [-0.2, 0) is 4.74 Å². The number of aliphatic hydroxyl groups excluding tert-OH is 1. The fourth-order valence-corrected chi connectivity index (χ4v) is 3.15. The van der Waals surface area contributed by atoms with E-state index in [1.54, 1.807) is 0 Å². The van der Waals surface area contributed by atoms with Gasteiger partial charge in [0.05, 0.1) is 24.9 Å². The maximum Gasteiger partial charge on any atom is 0.0674 e. The Morgan fingerprint density at radius 1 is 1.44 bits per heavy atom. The molecule has 18 heavy (non-hydrogen) atoms. The van der Waals surface area contributed by atoms with Gasteiger partial charge in [0, 0.05) is 19.1 Å². The second kappa shape index (κ2) is 5.87. The van der Waals surface area contributed by atoms with E-state index in [9.17, 15) is 5.11 Å². The zero-order valence-electron chi connectivity index (χ0n) is 12.0. The number of ether oxygens (including phenoxy) is 1. The predicted molar refractivity (Wildman–Crippen MR) is 72.7 cm³/mol. The first-order valence-corrected chi connectivity index (χ1v) is 7.30. The number of hydrogen-bond acceptors (Lipinski definition) is 4. The van der Waals surface area contributed by atoms with Crippen LogP contribution in [0.5, 0.6) is 0 Å². The summed E-state index contributed by atoms with van der Waals surface area (Å²) in [6.07, 6.45) is 3.92. The molecule has 2 aliphatic rings. The van der Waals surface area contributed by atoms with Crippen LogP contribution in [-0.4, -0.2) is 61.0 Å². The SMILES string of the molecule is CCC1COC(C)CN1CC(CO)(NC)C1CC1. The molecule has 0 radical (unpaired) electrons. The van der Waals surface area contributed by atoms with Gasteiger partial charge in [0.15, 0.2) is 0 Å². The lowest BCUT2D eigenvalue weighted by Crippen LogP contribution is -2.61. The molecular weight excluding hydrogens is 228 g/mol. The molecule has 1 saturated carbocycles. The van der Waals surface area contributed by atoms with Gasteiger partial charge in [-0.15, -0.1) is 0 Å².